The van der Waals surface area contributed by atoms with Crippen LogP contribution in [0, 0.1) is 0 Å². The second kappa shape index (κ2) is 15.9. The third-order valence-electron chi connectivity index (χ3n) is 7.18. The van der Waals surface area contributed by atoms with Gasteiger partial charge in [-0.3, -0.25) is 0 Å². The van der Waals surface area contributed by atoms with E-state index in [-0.39, 0.29) is 58.3 Å². The summed E-state index contributed by atoms with van der Waals surface area (Å²) in [6.45, 7) is 0. The molecule has 276 valence electrons. The van der Waals surface area contributed by atoms with Gasteiger partial charge in [0.15, 0.2) is 0 Å². The van der Waals surface area contributed by atoms with Crippen molar-refractivity contribution in [3.05, 3.63) is 108 Å². The second-order valence-corrected chi connectivity index (χ2v) is 13.6. The molecule has 0 bridgehead atoms. The third kappa shape index (κ3) is 9.57. The zero-order chi connectivity index (χ0) is 38.3. The molecular weight excluding hydrogens is 741 g/mol. The Bertz CT molecular complexity index is 2370. The van der Waals surface area contributed by atoms with Gasteiger partial charge in [-0.05, 0) is 59.7 Å². The van der Waals surface area contributed by atoms with Crippen LogP contribution in [0.2, 0.25) is 0 Å². The molecule has 0 aliphatic rings. The molecule has 2 heterocycles. The topological polar surface area (TPSA) is 258 Å². The first-order chi connectivity index (χ1) is 25.9. The van der Waals surface area contributed by atoms with E-state index in [2.05, 4.69) is 51.2 Å². The summed E-state index contributed by atoms with van der Waals surface area (Å²) in [6.07, 6.45) is 2.38. The van der Waals surface area contributed by atoms with Gasteiger partial charge in [0, 0.05) is 22.7 Å². The fourth-order valence-corrected chi connectivity index (χ4v) is 6.18. The van der Waals surface area contributed by atoms with Crippen molar-refractivity contribution in [1.82, 2.24) is 29.9 Å². The number of ether oxygens (including phenoxy) is 2. The summed E-state index contributed by atoms with van der Waals surface area (Å²) in [7, 11) is -7.45. The molecule has 4 N–H and O–H groups in total. The first-order valence-corrected chi connectivity index (χ1v) is 18.3. The predicted molar refractivity (Wildman–Crippen MR) is 197 cm³/mol. The number of rotatable bonds is 14. The molecule has 20 heteroatoms. The van der Waals surface area contributed by atoms with E-state index in [4.69, 9.17) is 9.47 Å². The van der Waals surface area contributed by atoms with E-state index in [0.717, 1.165) is 12.1 Å². The molecule has 0 aliphatic carbocycles. The standard InChI is InChI=1S/C34H30N10O8S2/c1-51-33-41-29(35-23-9-5-3-6-10-23)39-31(43-33)37-25-17-15-21(27(19-25)53(45,46)47)13-14-22-16-18-26(20-28(22)54(48,49)50)38-32-40-30(42-34(44-32)52-2)36-24-11-7-4-8-12-24/h3-20H,1-2H3,(H,45,46,47)(H,48,49,50)(H2,35,37,39,41,43)(H2,36,38,40,42,44)/p-2. The van der Waals surface area contributed by atoms with Crippen molar-refractivity contribution in [3.8, 4) is 12.0 Å². The summed E-state index contributed by atoms with van der Waals surface area (Å²) in [5.41, 5.74) is 1.41. The van der Waals surface area contributed by atoms with Gasteiger partial charge in [0.1, 0.15) is 20.2 Å². The van der Waals surface area contributed by atoms with Crippen LogP contribution in [0.3, 0.4) is 0 Å². The number of benzene rings is 4. The van der Waals surface area contributed by atoms with Gasteiger partial charge in [0.25, 0.3) is 0 Å². The maximum absolute atomic E-state index is 12.4. The van der Waals surface area contributed by atoms with Crippen LogP contribution in [0.4, 0.5) is 46.5 Å². The van der Waals surface area contributed by atoms with Crippen LogP contribution in [-0.2, 0) is 20.2 Å². The fourth-order valence-electron chi connectivity index (χ4n) is 4.79. The van der Waals surface area contributed by atoms with Crippen molar-refractivity contribution in [1.29, 1.82) is 0 Å². The largest absolute Gasteiger partial charge is 0.744 e. The minimum atomic E-state index is -5.08. The lowest BCUT2D eigenvalue weighted by Gasteiger charge is -2.15. The van der Waals surface area contributed by atoms with Crippen LogP contribution >= 0.6 is 0 Å². The lowest BCUT2D eigenvalue weighted by molar-refractivity contribution is 0.379. The van der Waals surface area contributed by atoms with Gasteiger partial charge in [0.05, 0.1) is 24.0 Å². The third-order valence-corrected chi connectivity index (χ3v) is 8.96. The quantitative estimate of drug-likeness (QED) is 0.0837. The van der Waals surface area contributed by atoms with E-state index in [0.29, 0.717) is 11.4 Å². The van der Waals surface area contributed by atoms with Crippen molar-refractivity contribution in [2.45, 2.75) is 9.79 Å². The van der Waals surface area contributed by atoms with E-state index < -0.39 is 30.0 Å². The molecule has 0 radical (unpaired) electrons. The summed E-state index contributed by atoms with van der Waals surface area (Å²) < 4.78 is 84.6. The van der Waals surface area contributed by atoms with E-state index >= 15 is 0 Å². The molecule has 4 aromatic carbocycles. The molecule has 0 atom stereocenters. The van der Waals surface area contributed by atoms with Crippen LogP contribution < -0.4 is 30.7 Å². The Balaban J connectivity index is 1.26. The zero-order valence-electron chi connectivity index (χ0n) is 28.2. The van der Waals surface area contributed by atoms with Gasteiger partial charge in [-0.15, -0.1) is 0 Å². The zero-order valence-corrected chi connectivity index (χ0v) is 29.8. The molecule has 0 saturated carbocycles. The highest BCUT2D eigenvalue weighted by Gasteiger charge is 2.15. The smallest absolute Gasteiger partial charge is 0.322 e. The Hall–Kier alpha value is -6.74. The van der Waals surface area contributed by atoms with E-state index in [1.165, 1.54) is 50.6 Å². The maximum atomic E-state index is 12.4. The molecule has 0 saturated heterocycles. The number of aromatic nitrogens is 6. The van der Waals surface area contributed by atoms with Gasteiger partial charge in [-0.25, -0.2) is 16.8 Å². The van der Waals surface area contributed by atoms with Crippen LogP contribution in [0.1, 0.15) is 11.1 Å². The molecule has 0 fully saturated rings. The summed E-state index contributed by atoms with van der Waals surface area (Å²) in [5, 5.41) is 11.7. The number of anilines is 8. The molecule has 6 rings (SSSR count). The highest BCUT2D eigenvalue weighted by molar-refractivity contribution is 7.86. The number of para-hydroxylation sites is 2. The Kier molecular flexibility index (Phi) is 10.9. The van der Waals surface area contributed by atoms with Crippen molar-refractivity contribution >= 4 is 78.9 Å². The highest BCUT2D eigenvalue weighted by Crippen LogP contribution is 2.29. The summed E-state index contributed by atoms with van der Waals surface area (Å²) >= 11 is 0. The SMILES string of the molecule is COc1nc(Nc2ccccc2)nc(Nc2ccc(C=Cc3ccc(Nc4nc(Nc5ccccc5)nc(OC)n4)cc3S(=O)(=O)[O-])c(S(=O)(=O)[O-])c2)n1. The molecule has 6 aromatic rings. The maximum Gasteiger partial charge on any atom is 0.322 e. The van der Waals surface area contributed by atoms with Crippen LogP contribution in [-0.4, -0.2) is 70.1 Å². The number of methoxy groups -OCH3 is 2. The summed E-state index contributed by atoms with van der Waals surface area (Å²) in [5.74, 6) is 0.178. The van der Waals surface area contributed by atoms with Gasteiger partial charge in [-0.2, -0.15) is 29.9 Å². The molecule has 0 amide bonds. The molecular formula is C34H28N10O8S2-2. The minimum absolute atomic E-state index is 0.0314. The monoisotopic (exact) mass is 768 g/mol. The molecule has 54 heavy (non-hydrogen) atoms. The fraction of sp³-hybridized carbons (Fsp3) is 0.0588. The van der Waals surface area contributed by atoms with Crippen molar-refractivity contribution < 1.29 is 35.4 Å². The Morgan fingerprint density at radius 3 is 1.13 bits per heavy atom. The van der Waals surface area contributed by atoms with Crippen molar-refractivity contribution in [2.75, 3.05) is 35.5 Å². The molecule has 0 unspecified atom stereocenters. The second-order valence-electron chi connectivity index (χ2n) is 10.9. The Morgan fingerprint density at radius 1 is 0.481 bits per heavy atom. The molecule has 0 aliphatic heterocycles. The van der Waals surface area contributed by atoms with Crippen LogP contribution in [0.15, 0.2) is 107 Å². The predicted octanol–water partition coefficient (Wildman–Crippen LogP) is 5.03. The van der Waals surface area contributed by atoms with E-state index in [1.54, 1.807) is 24.3 Å². The molecule has 18 nitrogen and oxygen atoms in total. The summed E-state index contributed by atoms with van der Waals surface area (Å²) in [6, 6.07) is 25.6. The highest BCUT2D eigenvalue weighted by atomic mass is 32.2. The van der Waals surface area contributed by atoms with Crippen molar-refractivity contribution in [3.63, 3.8) is 0 Å². The number of hydrogen-bond donors (Lipinski definition) is 4. The van der Waals surface area contributed by atoms with Crippen LogP contribution in [0.5, 0.6) is 12.0 Å². The first kappa shape index (κ1) is 37.0. The average Bonchev–Trinajstić information content (AvgIpc) is 3.14. The van der Waals surface area contributed by atoms with Gasteiger partial charge in [-0.1, -0.05) is 60.7 Å². The Labute approximate surface area is 308 Å². The molecule has 2 aromatic heterocycles. The number of nitrogens with zero attached hydrogens (tertiary/aromatic N) is 6. The van der Waals surface area contributed by atoms with E-state index in [1.807, 2.05) is 36.4 Å². The lowest BCUT2D eigenvalue weighted by atomic mass is 10.1. The summed E-state index contributed by atoms with van der Waals surface area (Å²) in [4.78, 5) is 23.8. The minimum Gasteiger partial charge on any atom is -0.744 e. The Morgan fingerprint density at radius 2 is 0.815 bits per heavy atom. The van der Waals surface area contributed by atoms with E-state index in [9.17, 15) is 25.9 Å². The number of nitrogens with one attached hydrogen (secondary N) is 4. The van der Waals surface area contributed by atoms with Crippen molar-refractivity contribution in [2.24, 2.45) is 0 Å². The molecule has 0 spiro atoms. The van der Waals surface area contributed by atoms with Gasteiger partial charge < -0.3 is 39.8 Å². The lowest BCUT2D eigenvalue weighted by Crippen LogP contribution is -2.07. The van der Waals surface area contributed by atoms with Gasteiger partial charge in [0.2, 0.25) is 23.8 Å². The normalized spacial score (nSPS) is 11.6. The average molecular weight is 769 g/mol. The first-order valence-electron chi connectivity index (χ1n) is 15.5. The van der Waals surface area contributed by atoms with Gasteiger partial charge >= 0.3 is 12.0 Å². The number of hydrogen-bond acceptors (Lipinski definition) is 18. The van der Waals surface area contributed by atoms with Crippen LogP contribution in [0.25, 0.3) is 12.2 Å².